The van der Waals surface area contributed by atoms with Gasteiger partial charge in [0.25, 0.3) is 5.56 Å². The summed E-state index contributed by atoms with van der Waals surface area (Å²) in [5.74, 6) is 0.356. The lowest BCUT2D eigenvalue weighted by Crippen LogP contribution is -2.37. The van der Waals surface area contributed by atoms with Crippen LogP contribution in [0.2, 0.25) is 5.02 Å². The van der Waals surface area contributed by atoms with E-state index in [2.05, 4.69) is 39.9 Å². The summed E-state index contributed by atoms with van der Waals surface area (Å²) in [6.07, 6.45) is 1.62. The number of hydrogen-bond acceptors (Lipinski definition) is 7. The first-order chi connectivity index (χ1) is 14.5. The molecule has 0 amide bonds. The SMILES string of the molecule is Cc1cc(SNC(C)C)ccc1Nc1ncc2cc(Cl)c(=O)n(C(C)C(C)(C)O)c2n1. The van der Waals surface area contributed by atoms with E-state index in [4.69, 9.17) is 11.6 Å². The number of halogens is 1. The number of benzene rings is 1. The molecule has 3 N–H and O–H groups in total. The smallest absolute Gasteiger partial charge is 0.271 e. The lowest BCUT2D eigenvalue weighted by atomic mass is 10.0. The molecule has 1 atom stereocenters. The zero-order valence-electron chi connectivity index (χ0n) is 18.5. The molecule has 0 spiro atoms. The van der Waals surface area contributed by atoms with Crippen LogP contribution >= 0.6 is 23.5 Å². The molecule has 0 radical (unpaired) electrons. The molecular weight excluding hydrogens is 434 g/mol. The van der Waals surface area contributed by atoms with E-state index in [9.17, 15) is 9.90 Å². The summed E-state index contributed by atoms with van der Waals surface area (Å²) in [4.78, 5) is 22.8. The van der Waals surface area contributed by atoms with Crippen molar-refractivity contribution >= 4 is 46.2 Å². The third kappa shape index (κ3) is 5.38. The molecule has 0 bridgehead atoms. The standard InChI is InChI=1S/C22H28ClN5O2S/c1-12(2)27-31-16-7-8-18(13(3)9-16)25-21-24-11-15-10-17(23)20(29)28(19(15)26-21)14(4)22(5,6)30/h7-12,14,27,30H,1-6H3,(H,24,25,26). The van der Waals surface area contributed by atoms with Gasteiger partial charge in [-0.2, -0.15) is 4.98 Å². The van der Waals surface area contributed by atoms with Crippen LogP contribution in [0.5, 0.6) is 0 Å². The van der Waals surface area contributed by atoms with E-state index in [1.807, 2.05) is 19.1 Å². The van der Waals surface area contributed by atoms with Gasteiger partial charge in [-0.3, -0.25) is 14.1 Å². The molecule has 0 aliphatic carbocycles. The number of rotatable bonds is 7. The first-order valence-electron chi connectivity index (χ1n) is 10.1. The second-order valence-corrected chi connectivity index (χ2v) is 9.76. The first kappa shape index (κ1) is 23.5. The van der Waals surface area contributed by atoms with Gasteiger partial charge in [0.15, 0.2) is 0 Å². The number of aryl methyl sites for hydroxylation is 1. The minimum atomic E-state index is -1.14. The molecule has 2 aromatic heterocycles. The zero-order chi connectivity index (χ0) is 22.9. The van der Waals surface area contributed by atoms with Crippen LogP contribution in [0.4, 0.5) is 11.6 Å². The third-order valence-corrected chi connectivity index (χ3v) is 6.35. The molecule has 31 heavy (non-hydrogen) atoms. The van der Waals surface area contributed by atoms with Crippen molar-refractivity contribution in [3.8, 4) is 0 Å². The third-order valence-electron chi connectivity index (χ3n) is 5.00. The number of fused-ring (bicyclic) bond motifs is 1. The summed E-state index contributed by atoms with van der Waals surface area (Å²) in [7, 11) is 0. The van der Waals surface area contributed by atoms with Gasteiger partial charge in [-0.05, 0) is 83.3 Å². The number of aromatic nitrogens is 3. The Morgan fingerprint density at radius 1 is 1.23 bits per heavy atom. The fourth-order valence-corrected chi connectivity index (χ4v) is 3.92. The van der Waals surface area contributed by atoms with Gasteiger partial charge in [0.1, 0.15) is 10.7 Å². The van der Waals surface area contributed by atoms with Crippen molar-refractivity contribution in [2.24, 2.45) is 0 Å². The Balaban J connectivity index is 1.99. The summed E-state index contributed by atoms with van der Waals surface area (Å²) in [5.41, 5.74) is 0.772. The van der Waals surface area contributed by atoms with Crippen LogP contribution in [0.1, 0.15) is 46.2 Å². The molecule has 0 fully saturated rings. The molecule has 0 aliphatic heterocycles. The Morgan fingerprint density at radius 3 is 2.55 bits per heavy atom. The highest BCUT2D eigenvalue weighted by Gasteiger charge is 2.27. The first-order valence-corrected chi connectivity index (χ1v) is 11.3. The molecule has 3 aromatic rings. The maximum Gasteiger partial charge on any atom is 0.271 e. The second-order valence-electron chi connectivity index (χ2n) is 8.45. The van der Waals surface area contributed by atoms with Gasteiger partial charge in [-0.25, -0.2) is 4.98 Å². The molecule has 0 aliphatic rings. The van der Waals surface area contributed by atoms with E-state index in [-0.39, 0.29) is 5.02 Å². The maximum atomic E-state index is 12.8. The number of nitrogens with zero attached hydrogens (tertiary/aromatic N) is 3. The molecule has 0 saturated carbocycles. The number of hydrogen-bond donors (Lipinski definition) is 3. The van der Waals surface area contributed by atoms with Gasteiger partial charge < -0.3 is 10.4 Å². The number of nitrogens with one attached hydrogen (secondary N) is 2. The van der Waals surface area contributed by atoms with Crippen molar-refractivity contribution in [1.82, 2.24) is 19.3 Å². The Morgan fingerprint density at radius 2 is 1.94 bits per heavy atom. The minimum Gasteiger partial charge on any atom is -0.388 e. The van der Waals surface area contributed by atoms with Gasteiger partial charge in [0.05, 0.1) is 11.6 Å². The van der Waals surface area contributed by atoms with E-state index < -0.39 is 17.2 Å². The largest absolute Gasteiger partial charge is 0.388 e. The lowest BCUT2D eigenvalue weighted by molar-refractivity contribution is 0.0307. The Labute approximate surface area is 191 Å². The molecule has 1 unspecified atom stereocenters. The molecule has 0 saturated heterocycles. The molecule has 166 valence electrons. The van der Waals surface area contributed by atoms with Crippen molar-refractivity contribution < 1.29 is 5.11 Å². The van der Waals surface area contributed by atoms with Crippen molar-refractivity contribution in [3.63, 3.8) is 0 Å². The average molecular weight is 462 g/mol. The predicted molar refractivity (Wildman–Crippen MR) is 128 cm³/mol. The van der Waals surface area contributed by atoms with Crippen LogP contribution in [0.3, 0.4) is 0 Å². The van der Waals surface area contributed by atoms with Gasteiger partial charge in [-0.1, -0.05) is 11.6 Å². The fraction of sp³-hybridized carbons (Fsp3) is 0.409. The van der Waals surface area contributed by atoms with Crippen molar-refractivity contribution in [2.75, 3.05) is 5.32 Å². The van der Waals surface area contributed by atoms with E-state index in [0.29, 0.717) is 23.0 Å². The van der Waals surface area contributed by atoms with Crippen molar-refractivity contribution in [2.45, 2.75) is 64.1 Å². The monoisotopic (exact) mass is 461 g/mol. The number of aliphatic hydroxyl groups is 1. The van der Waals surface area contributed by atoms with Gasteiger partial charge in [0, 0.05) is 28.2 Å². The van der Waals surface area contributed by atoms with Crippen LogP contribution in [0, 0.1) is 6.92 Å². The molecule has 9 heteroatoms. The van der Waals surface area contributed by atoms with Crippen LogP contribution in [0.15, 0.2) is 40.2 Å². The highest BCUT2D eigenvalue weighted by Crippen LogP contribution is 2.27. The summed E-state index contributed by atoms with van der Waals surface area (Å²) in [6, 6.07) is 7.46. The molecule has 3 rings (SSSR count). The van der Waals surface area contributed by atoms with Crippen molar-refractivity contribution in [1.29, 1.82) is 0 Å². The summed E-state index contributed by atoms with van der Waals surface area (Å²) < 4.78 is 4.75. The normalized spacial score (nSPS) is 13.1. The molecule has 2 heterocycles. The predicted octanol–water partition coefficient (Wildman–Crippen LogP) is 4.83. The maximum absolute atomic E-state index is 12.8. The van der Waals surface area contributed by atoms with Gasteiger partial charge >= 0.3 is 0 Å². The molecule has 7 nitrogen and oxygen atoms in total. The van der Waals surface area contributed by atoms with Crippen LogP contribution in [-0.4, -0.2) is 31.3 Å². The lowest BCUT2D eigenvalue weighted by Gasteiger charge is -2.28. The second kappa shape index (κ2) is 9.16. The van der Waals surface area contributed by atoms with E-state index in [1.54, 1.807) is 45.0 Å². The van der Waals surface area contributed by atoms with Gasteiger partial charge in [0.2, 0.25) is 5.95 Å². The van der Waals surface area contributed by atoms with E-state index in [0.717, 1.165) is 16.1 Å². The Hall–Kier alpha value is -2.13. The molecule has 1 aromatic carbocycles. The number of pyridine rings is 1. The zero-order valence-corrected chi connectivity index (χ0v) is 20.1. The summed E-state index contributed by atoms with van der Waals surface area (Å²) >= 11 is 7.73. The Kier molecular flexibility index (Phi) is 6.95. The highest BCUT2D eigenvalue weighted by atomic mass is 35.5. The highest BCUT2D eigenvalue weighted by molar-refractivity contribution is 7.97. The summed E-state index contributed by atoms with van der Waals surface area (Å²) in [6.45, 7) is 11.3. The quantitative estimate of drug-likeness (QED) is 0.434. The van der Waals surface area contributed by atoms with Crippen molar-refractivity contribution in [3.05, 3.63) is 51.4 Å². The minimum absolute atomic E-state index is 0.0619. The molecular formula is C22H28ClN5O2S. The van der Waals surface area contributed by atoms with E-state index in [1.165, 1.54) is 4.57 Å². The average Bonchev–Trinajstić information content (AvgIpc) is 2.68. The van der Waals surface area contributed by atoms with E-state index >= 15 is 0 Å². The van der Waals surface area contributed by atoms with Crippen LogP contribution < -0.4 is 15.6 Å². The topological polar surface area (TPSA) is 92.1 Å². The fourth-order valence-electron chi connectivity index (χ4n) is 2.97. The summed E-state index contributed by atoms with van der Waals surface area (Å²) in [5, 5.41) is 14.4. The van der Waals surface area contributed by atoms with Crippen LogP contribution in [-0.2, 0) is 0 Å². The Bertz CT molecular complexity index is 1160. The number of anilines is 2. The van der Waals surface area contributed by atoms with Gasteiger partial charge in [-0.15, -0.1) is 0 Å². The van der Waals surface area contributed by atoms with Crippen LogP contribution in [0.25, 0.3) is 11.0 Å².